The van der Waals surface area contributed by atoms with Crippen LogP contribution in [0.15, 0.2) is 53.4 Å². The second-order valence-corrected chi connectivity index (χ2v) is 9.35. The third kappa shape index (κ3) is 6.36. The average Bonchev–Trinajstić information content (AvgIpc) is 2.59. The SMILES string of the molecule is Cc1ccc(S(=O)(=O)NCCC(c2ccc(OC(C)C)cc2)C(C)C)cc1. The Hall–Kier alpha value is -1.85. The van der Waals surface area contributed by atoms with E-state index in [-0.39, 0.29) is 12.0 Å². The van der Waals surface area contributed by atoms with Crippen molar-refractivity contribution in [3.05, 3.63) is 59.7 Å². The first-order valence-corrected chi connectivity index (χ1v) is 11.0. The molecule has 0 aromatic heterocycles. The molecule has 1 unspecified atom stereocenters. The molecule has 2 aromatic carbocycles. The predicted octanol–water partition coefficient (Wildman–Crippen LogP) is 4.89. The molecule has 5 heteroatoms. The fraction of sp³-hybridized carbons (Fsp3) is 0.455. The third-order valence-electron chi connectivity index (χ3n) is 4.56. The van der Waals surface area contributed by atoms with Crippen LogP contribution in [0.5, 0.6) is 5.75 Å². The molecule has 0 bridgehead atoms. The maximum atomic E-state index is 12.5. The van der Waals surface area contributed by atoms with Crippen LogP contribution in [-0.4, -0.2) is 21.1 Å². The first kappa shape index (κ1) is 21.5. The molecule has 0 saturated heterocycles. The van der Waals surface area contributed by atoms with Crippen LogP contribution in [0.1, 0.15) is 51.2 Å². The van der Waals surface area contributed by atoms with Gasteiger partial charge in [-0.1, -0.05) is 43.7 Å². The zero-order valence-electron chi connectivity index (χ0n) is 16.9. The van der Waals surface area contributed by atoms with Gasteiger partial charge in [0.15, 0.2) is 0 Å². The molecule has 0 fully saturated rings. The highest BCUT2D eigenvalue weighted by molar-refractivity contribution is 7.89. The normalized spacial score (nSPS) is 13.1. The Morgan fingerprint density at radius 3 is 2.04 bits per heavy atom. The lowest BCUT2D eigenvalue weighted by molar-refractivity contribution is 0.242. The molecule has 27 heavy (non-hydrogen) atoms. The van der Waals surface area contributed by atoms with Crippen molar-refractivity contribution in [2.75, 3.05) is 6.54 Å². The van der Waals surface area contributed by atoms with E-state index in [1.165, 1.54) is 5.56 Å². The molecule has 1 N–H and O–H groups in total. The molecular formula is C22H31NO3S. The van der Waals surface area contributed by atoms with Crippen LogP contribution < -0.4 is 9.46 Å². The van der Waals surface area contributed by atoms with E-state index >= 15 is 0 Å². The van der Waals surface area contributed by atoms with Crippen LogP contribution in [-0.2, 0) is 10.0 Å². The number of sulfonamides is 1. The molecule has 148 valence electrons. The van der Waals surface area contributed by atoms with E-state index in [1.54, 1.807) is 12.1 Å². The molecule has 0 aliphatic heterocycles. The largest absolute Gasteiger partial charge is 0.491 e. The zero-order valence-corrected chi connectivity index (χ0v) is 17.7. The van der Waals surface area contributed by atoms with E-state index < -0.39 is 10.0 Å². The summed E-state index contributed by atoms with van der Waals surface area (Å²) < 4.78 is 33.3. The van der Waals surface area contributed by atoms with Crippen molar-refractivity contribution in [1.29, 1.82) is 0 Å². The van der Waals surface area contributed by atoms with Gasteiger partial charge in [0, 0.05) is 6.54 Å². The summed E-state index contributed by atoms with van der Waals surface area (Å²) in [6.45, 7) is 10.7. The standard InChI is InChI=1S/C22H31NO3S/c1-16(2)22(19-8-10-20(11-9-19)26-17(3)4)14-15-23-27(24,25)21-12-6-18(5)7-13-21/h6-13,16-17,22-23H,14-15H2,1-5H3. The highest BCUT2D eigenvalue weighted by atomic mass is 32.2. The zero-order chi connectivity index (χ0) is 20.0. The van der Waals surface area contributed by atoms with E-state index in [0.29, 0.717) is 17.4 Å². The van der Waals surface area contributed by atoms with Gasteiger partial charge in [-0.25, -0.2) is 13.1 Å². The maximum absolute atomic E-state index is 12.5. The van der Waals surface area contributed by atoms with Gasteiger partial charge in [-0.3, -0.25) is 0 Å². The smallest absolute Gasteiger partial charge is 0.240 e. The second kappa shape index (κ2) is 9.38. The van der Waals surface area contributed by atoms with E-state index in [2.05, 4.69) is 30.7 Å². The fourth-order valence-electron chi connectivity index (χ4n) is 3.10. The molecule has 1 atom stereocenters. The van der Waals surface area contributed by atoms with Gasteiger partial charge < -0.3 is 4.74 Å². The quantitative estimate of drug-likeness (QED) is 0.664. The topological polar surface area (TPSA) is 55.4 Å². The molecule has 4 nitrogen and oxygen atoms in total. The van der Waals surface area contributed by atoms with Crippen molar-refractivity contribution < 1.29 is 13.2 Å². The van der Waals surface area contributed by atoms with Crippen molar-refractivity contribution in [3.63, 3.8) is 0 Å². The molecule has 2 rings (SSSR count). The number of rotatable bonds is 9. The lowest BCUT2D eigenvalue weighted by Crippen LogP contribution is -2.26. The van der Waals surface area contributed by atoms with Crippen molar-refractivity contribution in [1.82, 2.24) is 4.72 Å². The fourth-order valence-corrected chi connectivity index (χ4v) is 4.15. The highest BCUT2D eigenvalue weighted by Gasteiger charge is 2.18. The summed E-state index contributed by atoms with van der Waals surface area (Å²) in [5.41, 5.74) is 2.24. The van der Waals surface area contributed by atoms with Crippen LogP contribution in [0.4, 0.5) is 0 Å². The molecule has 0 saturated carbocycles. The number of nitrogens with one attached hydrogen (secondary N) is 1. The minimum atomic E-state index is -3.47. The summed E-state index contributed by atoms with van der Waals surface area (Å²) in [6, 6.07) is 15.0. The lowest BCUT2D eigenvalue weighted by Gasteiger charge is -2.22. The van der Waals surface area contributed by atoms with Crippen LogP contribution in [0, 0.1) is 12.8 Å². The molecule has 0 amide bonds. The van der Waals surface area contributed by atoms with E-state index in [9.17, 15) is 8.42 Å². The summed E-state index contributed by atoms with van der Waals surface area (Å²) >= 11 is 0. The Labute approximate surface area is 164 Å². The van der Waals surface area contributed by atoms with Gasteiger partial charge in [-0.05, 0) is 68.9 Å². The third-order valence-corrected chi connectivity index (χ3v) is 6.04. The minimum absolute atomic E-state index is 0.146. The number of hydrogen-bond donors (Lipinski definition) is 1. The molecule has 0 aliphatic carbocycles. The van der Waals surface area contributed by atoms with Gasteiger partial charge in [0.25, 0.3) is 0 Å². The number of hydrogen-bond acceptors (Lipinski definition) is 3. The first-order valence-electron chi connectivity index (χ1n) is 9.52. The van der Waals surface area contributed by atoms with Crippen LogP contribution in [0.3, 0.4) is 0 Å². The molecule has 0 radical (unpaired) electrons. The Kier molecular flexibility index (Phi) is 7.45. The van der Waals surface area contributed by atoms with Gasteiger partial charge in [-0.2, -0.15) is 0 Å². The van der Waals surface area contributed by atoms with Crippen LogP contribution in [0.2, 0.25) is 0 Å². The Morgan fingerprint density at radius 2 is 1.52 bits per heavy atom. The summed E-state index contributed by atoms with van der Waals surface area (Å²) in [5, 5.41) is 0. The van der Waals surface area contributed by atoms with Gasteiger partial charge in [0.2, 0.25) is 10.0 Å². The molecule has 0 spiro atoms. The molecule has 0 heterocycles. The summed E-state index contributed by atoms with van der Waals surface area (Å²) in [7, 11) is -3.47. The van der Waals surface area contributed by atoms with Crippen molar-refractivity contribution >= 4 is 10.0 Å². The predicted molar refractivity (Wildman–Crippen MR) is 111 cm³/mol. The number of aryl methyl sites for hydroxylation is 1. The summed E-state index contributed by atoms with van der Waals surface area (Å²) in [6.07, 6.45) is 0.889. The van der Waals surface area contributed by atoms with Crippen LogP contribution in [0.25, 0.3) is 0 Å². The second-order valence-electron chi connectivity index (χ2n) is 7.59. The minimum Gasteiger partial charge on any atom is -0.491 e. The highest BCUT2D eigenvalue weighted by Crippen LogP contribution is 2.29. The van der Waals surface area contributed by atoms with Crippen LogP contribution >= 0.6 is 0 Å². The molecule has 0 aliphatic rings. The number of benzene rings is 2. The lowest BCUT2D eigenvalue weighted by atomic mass is 9.86. The van der Waals surface area contributed by atoms with E-state index in [0.717, 1.165) is 17.7 Å². The Bertz CT molecular complexity index is 810. The molecular weight excluding hydrogens is 358 g/mol. The van der Waals surface area contributed by atoms with E-state index in [1.807, 2.05) is 45.0 Å². The maximum Gasteiger partial charge on any atom is 0.240 e. The first-order chi connectivity index (χ1) is 12.7. The van der Waals surface area contributed by atoms with Gasteiger partial charge >= 0.3 is 0 Å². The van der Waals surface area contributed by atoms with Gasteiger partial charge in [-0.15, -0.1) is 0 Å². The average molecular weight is 390 g/mol. The molecule has 2 aromatic rings. The van der Waals surface area contributed by atoms with Crippen molar-refractivity contribution in [3.8, 4) is 5.75 Å². The van der Waals surface area contributed by atoms with E-state index in [4.69, 9.17) is 4.74 Å². The van der Waals surface area contributed by atoms with Crippen molar-refractivity contribution in [2.45, 2.75) is 58.0 Å². The summed E-state index contributed by atoms with van der Waals surface area (Å²) in [5.74, 6) is 1.54. The Morgan fingerprint density at radius 1 is 0.926 bits per heavy atom. The Balaban J connectivity index is 2.01. The number of ether oxygens (including phenoxy) is 1. The summed E-state index contributed by atoms with van der Waals surface area (Å²) in [4.78, 5) is 0.310. The van der Waals surface area contributed by atoms with Crippen molar-refractivity contribution in [2.24, 2.45) is 5.92 Å². The monoisotopic (exact) mass is 389 g/mol. The van der Waals surface area contributed by atoms with Gasteiger partial charge in [0.1, 0.15) is 5.75 Å². The van der Waals surface area contributed by atoms with Gasteiger partial charge in [0.05, 0.1) is 11.0 Å².